The summed E-state index contributed by atoms with van der Waals surface area (Å²) >= 11 is 0. The molecule has 2 aromatic rings. The smallest absolute Gasteiger partial charge is 0.227 e. The predicted octanol–water partition coefficient (Wildman–Crippen LogP) is 2.81. The van der Waals surface area contributed by atoms with Crippen molar-refractivity contribution in [2.24, 2.45) is 0 Å². The summed E-state index contributed by atoms with van der Waals surface area (Å²) in [6, 6.07) is 10.6. The van der Waals surface area contributed by atoms with E-state index in [-0.39, 0.29) is 0 Å². The number of benzene rings is 1. The number of nitrogens with zero attached hydrogens (tertiary/aromatic N) is 2. The number of hydrogen-bond donors (Lipinski definition) is 1. The molecule has 19 heavy (non-hydrogen) atoms. The largest absolute Gasteiger partial charge is 0.339 e. The molecule has 1 unspecified atom stereocenters. The fourth-order valence-corrected chi connectivity index (χ4v) is 2.53. The van der Waals surface area contributed by atoms with E-state index >= 15 is 0 Å². The van der Waals surface area contributed by atoms with E-state index < -0.39 is 0 Å². The standard InChI is InChI=1S/C15H19N3O/c1-2-6-12(7-3-1)15-17-14(19-18-15)10-9-13-8-4-5-11-16-13/h1-3,6-7,13,16H,4-5,8-11H2. The van der Waals surface area contributed by atoms with E-state index in [4.69, 9.17) is 4.52 Å². The van der Waals surface area contributed by atoms with Gasteiger partial charge in [-0.15, -0.1) is 0 Å². The average Bonchev–Trinajstić information content (AvgIpc) is 2.96. The van der Waals surface area contributed by atoms with Gasteiger partial charge in [-0.2, -0.15) is 4.98 Å². The molecule has 100 valence electrons. The van der Waals surface area contributed by atoms with Crippen molar-refractivity contribution in [1.82, 2.24) is 15.5 Å². The zero-order valence-electron chi connectivity index (χ0n) is 11.0. The van der Waals surface area contributed by atoms with Crippen molar-refractivity contribution in [2.75, 3.05) is 6.54 Å². The van der Waals surface area contributed by atoms with Crippen molar-refractivity contribution in [3.63, 3.8) is 0 Å². The van der Waals surface area contributed by atoms with E-state index in [0.29, 0.717) is 11.9 Å². The Bertz CT molecular complexity index is 503. The van der Waals surface area contributed by atoms with Crippen molar-refractivity contribution in [3.8, 4) is 11.4 Å². The molecule has 0 amide bonds. The number of hydrogen-bond acceptors (Lipinski definition) is 4. The molecule has 0 bridgehead atoms. The number of piperidine rings is 1. The van der Waals surface area contributed by atoms with E-state index in [0.717, 1.165) is 30.8 Å². The predicted molar refractivity (Wildman–Crippen MR) is 73.7 cm³/mol. The van der Waals surface area contributed by atoms with Crippen molar-refractivity contribution in [1.29, 1.82) is 0 Å². The van der Waals surface area contributed by atoms with E-state index in [9.17, 15) is 0 Å². The van der Waals surface area contributed by atoms with Crippen LogP contribution in [0.3, 0.4) is 0 Å². The third-order valence-electron chi connectivity index (χ3n) is 3.62. The van der Waals surface area contributed by atoms with Gasteiger partial charge in [-0.1, -0.05) is 41.9 Å². The van der Waals surface area contributed by atoms with Crippen molar-refractivity contribution < 1.29 is 4.52 Å². The molecular formula is C15H19N3O. The number of nitrogens with one attached hydrogen (secondary N) is 1. The first-order valence-electron chi connectivity index (χ1n) is 7.03. The lowest BCUT2D eigenvalue weighted by Gasteiger charge is -2.22. The molecule has 2 heterocycles. The normalized spacial score (nSPS) is 19.5. The summed E-state index contributed by atoms with van der Waals surface area (Å²) in [5.41, 5.74) is 1.01. The van der Waals surface area contributed by atoms with Gasteiger partial charge in [0.05, 0.1) is 0 Å². The van der Waals surface area contributed by atoms with Gasteiger partial charge >= 0.3 is 0 Å². The first kappa shape index (κ1) is 12.4. The van der Waals surface area contributed by atoms with Crippen LogP contribution >= 0.6 is 0 Å². The Labute approximate surface area is 113 Å². The maximum atomic E-state index is 5.32. The third-order valence-corrected chi connectivity index (χ3v) is 3.62. The van der Waals surface area contributed by atoms with E-state index in [1.165, 1.54) is 19.3 Å². The SMILES string of the molecule is c1ccc(-c2noc(CCC3CCCCN3)n2)cc1. The molecule has 0 radical (unpaired) electrons. The second-order valence-electron chi connectivity index (χ2n) is 5.06. The molecule has 1 aliphatic heterocycles. The lowest BCUT2D eigenvalue weighted by atomic mass is 10.0. The van der Waals surface area contributed by atoms with Gasteiger partial charge in [0, 0.05) is 18.0 Å². The highest BCUT2D eigenvalue weighted by molar-refractivity contribution is 5.53. The Morgan fingerprint density at radius 1 is 1.21 bits per heavy atom. The Morgan fingerprint density at radius 3 is 2.89 bits per heavy atom. The maximum Gasteiger partial charge on any atom is 0.227 e. The van der Waals surface area contributed by atoms with Crippen LogP contribution in [0.15, 0.2) is 34.9 Å². The second kappa shape index (κ2) is 5.97. The van der Waals surface area contributed by atoms with Gasteiger partial charge in [0.2, 0.25) is 11.7 Å². The van der Waals surface area contributed by atoms with Gasteiger partial charge in [-0.25, -0.2) is 0 Å². The molecule has 0 aliphatic carbocycles. The van der Waals surface area contributed by atoms with Crippen LogP contribution in [0.25, 0.3) is 11.4 Å². The van der Waals surface area contributed by atoms with Crippen LogP contribution in [0.5, 0.6) is 0 Å². The summed E-state index contributed by atoms with van der Waals surface area (Å²) in [6.07, 6.45) is 5.83. The van der Waals surface area contributed by atoms with E-state index in [1.54, 1.807) is 0 Å². The van der Waals surface area contributed by atoms with Gasteiger partial charge in [0.1, 0.15) is 0 Å². The van der Waals surface area contributed by atoms with Crippen LogP contribution in [-0.4, -0.2) is 22.7 Å². The molecule has 1 aliphatic rings. The summed E-state index contributed by atoms with van der Waals surface area (Å²) in [6.45, 7) is 1.14. The molecule has 0 saturated carbocycles. The first-order chi connectivity index (χ1) is 9.42. The van der Waals surface area contributed by atoms with Crippen LogP contribution in [0, 0.1) is 0 Å². The molecule has 1 aromatic carbocycles. The van der Waals surface area contributed by atoms with Crippen LogP contribution in [0.4, 0.5) is 0 Å². The Balaban J connectivity index is 1.59. The van der Waals surface area contributed by atoms with Crippen molar-refractivity contribution in [3.05, 3.63) is 36.2 Å². The van der Waals surface area contributed by atoms with Crippen molar-refractivity contribution in [2.45, 2.75) is 38.1 Å². The fourth-order valence-electron chi connectivity index (χ4n) is 2.53. The molecule has 1 N–H and O–H groups in total. The minimum Gasteiger partial charge on any atom is -0.339 e. The second-order valence-corrected chi connectivity index (χ2v) is 5.06. The molecule has 1 aromatic heterocycles. The Hall–Kier alpha value is -1.68. The molecule has 3 rings (SSSR count). The van der Waals surface area contributed by atoms with Crippen LogP contribution in [0.2, 0.25) is 0 Å². The summed E-state index contributed by atoms with van der Waals surface area (Å²) in [4.78, 5) is 4.46. The van der Waals surface area contributed by atoms with E-state index in [2.05, 4.69) is 15.5 Å². The summed E-state index contributed by atoms with van der Waals surface area (Å²) < 4.78 is 5.32. The minimum atomic E-state index is 0.612. The zero-order chi connectivity index (χ0) is 12.9. The average molecular weight is 257 g/mol. The lowest BCUT2D eigenvalue weighted by Crippen LogP contribution is -2.34. The Morgan fingerprint density at radius 2 is 2.11 bits per heavy atom. The number of aromatic nitrogens is 2. The van der Waals surface area contributed by atoms with E-state index in [1.807, 2.05) is 30.3 Å². The van der Waals surface area contributed by atoms with Crippen LogP contribution < -0.4 is 5.32 Å². The molecule has 1 saturated heterocycles. The quantitative estimate of drug-likeness (QED) is 0.915. The highest BCUT2D eigenvalue weighted by Crippen LogP contribution is 2.17. The highest BCUT2D eigenvalue weighted by Gasteiger charge is 2.14. The molecule has 1 atom stereocenters. The molecule has 4 nitrogen and oxygen atoms in total. The third kappa shape index (κ3) is 3.20. The number of aryl methyl sites for hydroxylation is 1. The Kier molecular flexibility index (Phi) is 3.89. The minimum absolute atomic E-state index is 0.612. The van der Waals surface area contributed by atoms with Gasteiger partial charge in [-0.3, -0.25) is 0 Å². The fraction of sp³-hybridized carbons (Fsp3) is 0.467. The lowest BCUT2D eigenvalue weighted by molar-refractivity contribution is 0.342. The van der Waals surface area contributed by atoms with Gasteiger partial charge in [0.15, 0.2) is 0 Å². The highest BCUT2D eigenvalue weighted by atomic mass is 16.5. The first-order valence-corrected chi connectivity index (χ1v) is 7.03. The van der Waals surface area contributed by atoms with Crippen molar-refractivity contribution >= 4 is 0 Å². The zero-order valence-corrected chi connectivity index (χ0v) is 11.0. The van der Waals surface area contributed by atoms with Crippen LogP contribution in [-0.2, 0) is 6.42 Å². The molecular weight excluding hydrogens is 238 g/mol. The maximum absolute atomic E-state index is 5.32. The number of rotatable bonds is 4. The molecule has 4 heteroatoms. The van der Waals surface area contributed by atoms with Gasteiger partial charge < -0.3 is 9.84 Å². The van der Waals surface area contributed by atoms with Gasteiger partial charge in [-0.05, 0) is 25.8 Å². The molecule has 0 spiro atoms. The summed E-state index contributed by atoms with van der Waals surface area (Å²) in [7, 11) is 0. The summed E-state index contributed by atoms with van der Waals surface area (Å²) in [5.74, 6) is 1.43. The molecule has 1 fully saturated rings. The van der Waals surface area contributed by atoms with Gasteiger partial charge in [0.25, 0.3) is 0 Å². The van der Waals surface area contributed by atoms with Crippen LogP contribution in [0.1, 0.15) is 31.6 Å². The summed E-state index contributed by atoms with van der Waals surface area (Å²) in [5, 5.41) is 7.58. The monoisotopic (exact) mass is 257 g/mol. The topological polar surface area (TPSA) is 51.0 Å².